The van der Waals surface area contributed by atoms with E-state index in [9.17, 15) is 19.8 Å². The first kappa shape index (κ1) is 55.6. The standard InChI is InChI=1S/C51H99NO5/c1-4-7-10-13-16-19-21-22-23-24-25-26-27-29-32-35-38-41-44-51(56)57-47(42-39-36-33-31-28-20-17-14-11-8-5-2)45-50(55)52-48(46-53)49(54)43-40-37-34-30-18-15-12-9-6-3/h25-26,47-49,53-54H,4-24,27-46H2,1-3H3,(H,52,55)/b26-25+. The van der Waals surface area contributed by atoms with Crippen molar-refractivity contribution in [2.24, 2.45) is 0 Å². The molecule has 0 heterocycles. The number of ether oxygens (including phenoxy) is 1. The van der Waals surface area contributed by atoms with Gasteiger partial charge < -0.3 is 20.3 Å². The summed E-state index contributed by atoms with van der Waals surface area (Å²) in [5, 5.41) is 23.6. The van der Waals surface area contributed by atoms with E-state index < -0.39 is 18.2 Å². The number of unbranched alkanes of at least 4 members (excludes halogenated alkanes) is 32. The summed E-state index contributed by atoms with van der Waals surface area (Å²) in [7, 11) is 0. The van der Waals surface area contributed by atoms with Gasteiger partial charge in [-0.05, 0) is 51.4 Å². The van der Waals surface area contributed by atoms with Crippen LogP contribution in [-0.2, 0) is 14.3 Å². The second kappa shape index (κ2) is 45.7. The molecule has 6 nitrogen and oxygen atoms in total. The number of amides is 1. The molecule has 0 aliphatic carbocycles. The maximum Gasteiger partial charge on any atom is 0.306 e. The lowest BCUT2D eigenvalue weighted by Crippen LogP contribution is -2.46. The predicted molar refractivity (Wildman–Crippen MR) is 246 cm³/mol. The first-order valence-corrected chi connectivity index (χ1v) is 25.4. The van der Waals surface area contributed by atoms with E-state index in [-0.39, 0.29) is 24.9 Å². The molecule has 3 N–H and O–H groups in total. The summed E-state index contributed by atoms with van der Waals surface area (Å²) in [5.74, 6) is -0.470. The van der Waals surface area contributed by atoms with Crippen molar-refractivity contribution in [3.63, 3.8) is 0 Å². The van der Waals surface area contributed by atoms with Crippen LogP contribution in [0.5, 0.6) is 0 Å². The van der Waals surface area contributed by atoms with Gasteiger partial charge in [-0.25, -0.2) is 0 Å². The molecule has 3 unspecified atom stereocenters. The fourth-order valence-electron chi connectivity index (χ4n) is 7.96. The number of carbonyl (C=O) groups excluding carboxylic acids is 2. The van der Waals surface area contributed by atoms with Crippen molar-refractivity contribution in [1.82, 2.24) is 5.32 Å². The summed E-state index contributed by atoms with van der Waals surface area (Å²) in [6.45, 7) is 6.47. The van der Waals surface area contributed by atoms with E-state index in [1.807, 2.05) is 0 Å². The number of hydrogen-bond donors (Lipinski definition) is 3. The van der Waals surface area contributed by atoms with E-state index >= 15 is 0 Å². The molecule has 0 radical (unpaired) electrons. The van der Waals surface area contributed by atoms with Gasteiger partial charge in [0, 0.05) is 6.42 Å². The minimum Gasteiger partial charge on any atom is -0.462 e. The zero-order valence-electron chi connectivity index (χ0n) is 38.5. The largest absolute Gasteiger partial charge is 0.462 e. The Morgan fingerprint density at radius 3 is 1.25 bits per heavy atom. The van der Waals surface area contributed by atoms with Crippen molar-refractivity contribution in [1.29, 1.82) is 0 Å². The molecule has 57 heavy (non-hydrogen) atoms. The van der Waals surface area contributed by atoms with Gasteiger partial charge in [-0.2, -0.15) is 0 Å². The molecule has 0 aromatic rings. The monoisotopic (exact) mass is 806 g/mol. The fourth-order valence-corrected chi connectivity index (χ4v) is 7.96. The molecule has 1 amide bonds. The molecule has 0 fully saturated rings. The predicted octanol–water partition coefficient (Wildman–Crippen LogP) is 15.0. The number of nitrogens with one attached hydrogen (secondary N) is 1. The summed E-state index contributed by atoms with van der Waals surface area (Å²) in [5.41, 5.74) is 0. The minimum absolute atomic E-state index is 0.0807. The SMILES string of the molecule is CCCCCCCCCCC/C=C/CCCCCCCC(=O)OC(CCCCCCCCCCCCC)CC(=O)NC(CO)C(O)CCCCCCCCCCC. The number of allylic oxidation sites excluding steroid dienone is 2. The molecule has 0 aromatic heterocycles. The van der Waals surface area contributed by atoms with Crippen LogP contribution in [0.25, 0.3) is 0 Å². The molecule has 0 aromatic carbocycles. The van der Waals surface area contributed by atoms with E-state index in [0.29, 0.717) is 19.3 Å². The maximum atomic E-state index is 13.1. The number of esters is 1. The number of carbonyl (C=O) groups is 2. The quantitative estimate of drug-likeness (QED) is 0.0323. The van der Waals surface area contributed by atoms with Gasteiger partial charge in [0.2, 0.25) is 5.91 Å². The van der Waals surface area contributed by atoms with Crippen molar-refractivity contribution < 1.29 is 24.5 Å². The Morgan fingerprint density at radius 1 is 0.491 bits per heavy atom. The van der Waals surface area contributed by atoms with Crippen molar-refractivity contribution >= 4 is 11.9 Å². The lowest BCUT2D eigenvalue weighted by atomic mass is 10.0. The second-order valence-electron chi connectivity index (χ2n) is 17.6. The van der Waals surface area contributed by atoms with Gasteiger partial charge in [0.1, 0.15) is 6.10 Å². The summed E-state index contributed by atoms with van der Waals surface area (Å²) in [4.78, 5) is 26.0. The Balaban J connectivity index is 4.47. The van der Waals surface area contributed by atoms with E-state index in [1.165, 1.54) is 173 Å². The van der Waals surface area contributed by atoms with Gasteiger partial charge in [-0.3, -0.25) is 9.59 Å². The van der Waals surface area contributed by atoms with Gasteiger partial charge in [-0.15, -0.1) is 0 Å². The van der Waals surface area contributed by atoms with Gasteiger partial charge in [-0.1, -0.05) is 226 Å². The fraction of sp³-hybridized carbons (Fsp3) is 0.922. The topological polar surface area (TPSA) is 95.9 Å². The molecule has 0 saturated carbocycles. The Morgan fingerprint density at radius 2 is 0.842 bits per heavy atom. The van der Waals surface area contributed by atoms with Gasteiger partial charge in [0.25, 0.3) is 0 Å². The molecule has 0 aliphatic rings. The Bertz CT molecular complexity index is 863. The molecule has 0 bridgehead atoms. The highest BCUT2D eigenvalue weighted by Gasteiger charge is 2.24. The summed E-state index contributed by atoms with van der Waals surface area (Å²) >= 11 is 0. The van der Waals surface area contributed by atoms with Gasteiger partial charge >= 0.3 is 5.97 Å². The molecule has 0 rings (SSSR count). The van der Waals surface area contributed by atoms with E-state index in [1.54, 1.807) is 0 Å². The summed E-state index contributed by atoms with van der Waals surface area (Å²) in [6, 6.07) is -0.694. The Labute approximate surface area is 355 Å². The van der Waals surface area contributed by atoms with E-state index in [2.05, 4.69) is 38.2 Å². The van der Waals surface area contributed by atoms with Crippen molar-refractivity contribution in [2.45, 2.75) is 296 Å². The molecule has 338 valence electrons. The number of hydrogen-bond acceptors (Lipinski definition) is 5. The summed E-state index contributed by atoms with van der Waals surface area (Å²) in [6.07, 6.45) is 49.9. The van der Waals surface area contributed by atoms with Crippen LogP contribution in [0.1, 0.15) is 278 Å². The van der Waals surface area contributed by atoms with E-state index in [4.69, 9.17) is 4.74 Å². The molecular formula is C51H99NO5. The Kier molecular flexibility index (Phi) is 44.6. The highest BCUT2D eigenvalue weighted by Crippen LogP contribution is 2.18. The van der Waals surface area contributed by atoms with E-state index in [0.717, 1.165) is 57.8 Å². The average molecular weight is 806 g/mol. The summed E-state index contributed by atoms with van der Waals surface area (Å²) < 4.78 is 5.92. The minimum atomic E-state index is -0.781. The van der Waals surface area contributed by atoms with Crippen molar-refractivity contribution in [2.75, 3.05) is 6.61 Å². The first-order valence-electron chi connectivity index (χ1n) is 25.4. The van der Waals surface area contributed by atoms with Crippen molar-refractivity contribution in [3.05, 3.63) is 12.2 Å². The third-order valence-electron chi connectivity index (χ3n) is 11.8. The van der Waals surface area contributed by atoms with Gasteiger partial charge in [0.05, 0.1) is 25.2 Å². The number of aliphatic hydroxyl groups is 2. The molecule has 3 atom stereocenters. The molecular weight excluding hydrogens is 707 g/mol. The average Bonchev–Trinajstić information content (AvgIpc) is 3.20. The zero-order valence-corrected chi connectivity index (χ0v) is 38.5. The van der Waals surface area contributed by atoms with Crippen LogP contribution in [0.15, 0.2) is 12.2 Å². The van der Waals surface area contributed by atoms with Crippen molar-refractivity contribution in [3.8, 4) is 0 Å². The number of rotatable bonds is 46. The lowest BCUT2D eigenvalue weighted by Gasteiger charge is -2.24. The molecule has 0 aliphatic heterocycles. The van der Waals surface area contributed by atoms with Crippen LogP contribution in [0.4, 0.5) is 0 Å². The maximum absolute atomic E-state index is 13.1. The highest BCUT2D eigenvalue weighted by atomic mass is 16.5. The Hall–Kier alpha value is -1.40. The third kappa shape index (κ3) is 41.1. The van der Waals surface area contributed by atoms with Crippen LogP contribution in [-0.4, -0.2) is 46.9 Å². The van der Waals surface area contributed by atoms with Crippen LogP contribution in [0.3, 0.4) is 0 Å². The normalized spacial score (nSPS) is 13.3. The molecule has 0 saturated heterocycles. The van der Waals surface area contributed by atoms with Gasteiger partial charge in [0.15, 0.2) is 0 Å². The van der Waals surface area contributed by atoms with Crippen LogP contribution in [0, 0.1) is 0 Å². The molecule has 6 heteroatoms. The first-order chi connectivity index (χ1) is 28.0. The van der Waals surface area contributed by atoms with Crippen LogP contribution in [0.2, 0.25) is 0 Å². The highest BCUT2D eigenvalue weighted by molar-refractivity contribution is 5.77. The zero-order chi connectivity index (χ0) is 41.7. The third-order valence-corrected chi connectivity index (χ3v) is 11.8. The smallest absolute Gasteiger partial charge is 0.306 e. The lowest BCUT2D eigenvalue weighted by molar-refractivity contribution is -0.151. The second-order valence-corrected chi connectivity index (χ2v) is 17.6. The van der Waals surface area contributed by atoms with Crippen LogP contribution < -0.4 is 5.32 Å². The molecule has 0 spiro atoms. The number of aliphatic hydroxyl groups excluding tert-OH is 2. The van der Waals surface area contributed by atoms with Crippen LogP contribution >= 0.6 is 0 Å².